The Bertz CT molecular complexity index is 1170. The van der Waals surface area contributed by atoms with E-state index in [2.05, 4.69) is 4.98 Å². The van der Waals surface area contributed by atoms with E-state index in [0.29, 0.717) is 25.1 Å². The molecular weight excluding hydrogens is 418 g/mol. The minimum absolute atomic E-state index is 0.0508. The van der Waals surface area contributed by atoms with Crippen LogP contribution in [-0.4, -0.2) is 25.0 Å². The SMILES string of the molecule is COc1ccc(C2OC=CO2)c2c1N(Cc1ccc(N(C)c3ccccc3)nc1)C(=O)CC2. The maximum absolute atomic E-state index is 13.0. The molecule has 0 N–H and O–H groups in total. The fourth-order valence-electron chi connectivity index (χ4n) is 4.29. The number of rotatable bonds is 6. The second-order valence-electron chi connectivity index (χ2n) is 7.96. The Morgan fingerprint density at radius 2 is 1.85 bits per heavy atom. The van der Waals surface area contributed by atoms with Crippen molar-refractivity contribution in [1.29, 1.82) is 0 Å². The third kappa shape index (κ3) is 3.98. The highest BCUT2D eigenvalue weighted by atomic mass is 16.7. The first kappa shape index (κ1) is 20.9. The molecule has 33 heavy (non-hydrogen) atoms. The van der Waals surface area contributed by atoms with E-state index < -0.39 is 6.29 Å². The molecule has 2 aromatic carbocycles. The molecule has 3 heterocycles. The van der Waals surface area contributed by atoms with Crippen molar-refractivity contribution >= 4 is 23.1 Å². The molecular formula is C26H25N3O4. The highest BCUT2D eigenvalue weighted by Gasteiger charge is 2.32. The minimum Gasteiger partial charge on any atom is -0.495 e. The summed E-state index contributed by atoms with van der Waals surface area (Å²) in [6.07, 6.45) is 5.41. The number of para-hydroxylation sites is 1. The number of carbonyl (C=O) groups excluding carboxylic acids is 1. The van der Waals surface area contributed by atoms with Gasteiger partial charge in [-0.3, -0.25) is 4.79 Å². The van der Waals surface area contributed by atoms with Crippen molar-refractivity contribution in [2.45, 2.75) is 25.7 Å². The molecule has 3 aromatic rings. The molecule has 0 bridgehead atoms. The van der Waals surface area contributed by atoms with E-state index in [-0.39, 0.29) is 5.91 Å². The molecule has 5 rings (SSSR count). The standard InChI is InChI=1S/C26H25N3O4/c1-28(19-6-4-3-5-7-19)23-12-8-18(16-27-23)17-29-24(30)13-10-20-21(26-32-14-15-33-26)9-11-22(31-2)25(20)29/h3-9,11-12,14-16,26H,10,13,17H2,1-2H3. The monoisotopic (exact) mass is 443 g/mol. The normalized spacial score (nSPS) is 15.1. The summed E-state index contributed by atoms with van der Waals surface area (Å²) in [4.78, 5) is 21.4. The summed E-state index contributed by atoms with van der Waals surface area (Å²) in [5.41, 5.74) is 4.68. The lowest BCUT2D eigenvalue weighted by Gasteiger charge is -2.33. The summed E-state index contributed by atoms with van der Waals surface area (Å²) in [5.74, 6) is 1.54. The highest BCUT2D eigenvalue weighted by Crippen LogP contribution is 2.43. The van der Waals surface area contributed by atoms with E-state index in [0.717, 1.165) is 33.9 Å². The summed E-state index contributed by atoms with van der Waals surface area (Å²) in [5, 5.41) is 0. The van der Waals surface area contributed by atoms with E-state index in [9.17, 15) is 4.79 Å². The summed E-state index contributed by atoms with van der Waals surface area (Å²) in [6.45, 7) is 0.401. The number of hydrogen-bond acceptors (Lipinski definition) is 6. The Labute approximate surface area is 192 Å². The smallest absolute Gasteiger partial charge is 0.266 e. The van der Waals surface area contributed by atoms with Gasteiger partial charge in [0.15, 0.2) is 0 Å². The number of nitrogens with zero attached hydrogens (tertiary/aromatic N) is 3. The third-order valence-corrected chi connectivity index (χ3v) is 6.01. The van der Waals surface area contributed by atoms with Crippen LogP contribution in [0.1, 0.15) is 29.4 Å². The largest absolute Gasteiger partial charge is 0.495 e. The Balaban J connectivity index is 1.43. The molecule has 0 atom stereocenters. The zero-order valence-corrected chi connectivity index (χ0v) is 18.6. The van der Waals surface area contributed by atoms with Crippen molar-refractivity contribution in [1.82, 2.24) is 4.98 Å². The molecule has 0 radical (unpaired) electrons. The van der Waals surface area contributed by atoms with Crippen molar-refractivity contribution < 1.29 is 19.0 Å². The highest BCUT2D eigenvalue weighted by molar-refractivity contribution is 5.98. The van der Waals surface area contributed by atoms with E-state index in [1.807, 2.05) is 72.7 Å². The molecule has 0 aliphatic carbocycles. The quantitative estimate of drug-likeness (QED) is 0.543. The molecule has 168 valence electrons. The molecule has 0 fully saturated rings. The Morgan fingerprint density at radius 3 is 2.55 bits per heavy atom. The van der Waals surface area contributed by atoms with Gasteiger partial charge in [0.05, 0.1) is 19.3 Å². The maximum atomic E-state index is 13.0. The van der Waals surface area contributed by atoms with Crippen LogP contribution in [0.2, 0.25) is 0 Å². The molecule has 7 nitrogen and oxygen atoms in total. The lowest BCUT2D eigenvalue weighted by molar-refractivity contribution is -0.119. The minimum atomic E-state index is -0.505. The van der Waals surface area contributed by atoms with Crippen LogP contribution in [0.5, 0.6) is 5.75 Å². The maximum Gasteiger partial charge on any atom is 0.266 e. The van der Waals surface area contributed by atoms with Crippen molar-refractivity contribution in [3.05, 3.63) is 90.0 Å². The van der Waals surface area contributed by atoms with E-state index in [1.165, 1.54) is 12.5 Å². The molecule has 1 amide bonds. The van der Waals surface area contributed by atoms with Crippen molar-refractivity contribution in [2.24, 2.45) is 0 Å². The van der Waals surface area contributed by atoms with E-state index in [1.54, 1.807) is 12.0 Å². The fourth-order valence-corrected chi connectivity index (χ4v) is 4.29. The number of pyridine rings is 1. The van der Waals surface area contributed by atoms with Crippen molar-refractivity contribution in [3.8, 4) is 5.75 Å². The molecule has 1 aromatic heterocycles. The number of ether oxygens (including phenoxy) is 3. The Hall–Kier alpha value is -4.00. The van der Waals surface area contributed by atoms with E-state index in [4.69, 9.17) is 14.2 Å². The fraction of sp³-hybridized carbons (Fsp3) is 0.231. The molecule has 0 saturated heterocycles. The van der Waals surface area contributed by atoms with Gasteiger partial charge in [-0.05, 0) is 47.9 Å². The van der Waals surface area contributed by atoms with Crippen LogP contribution >= 0.6 is 0 Å². The Kier molecular flexibility index (Phi) is 5.60. The van der Waals surface area contributed by atoms with Crippen LogP contribution in [-0.2, 0) is 27.2 Å². The van der Waals surface area contributed by atoms with Crippen LogP contribution in [0.15, 0.2) is 73.3 Å². The van der Waals surface area contributed by atoms with Gasteiger partial charge in [-0.2, -0.15) is 0 Å². The number of carbonyl (C=O) groups is 1. The predicted octanol–water partition coefficient (Wildman–Crippen LogP) is 4.85. The van der Waals surface area contributed by atoms with Gasteiger partial charge >= 0.3 is 0 Å². The van der Waals surface area contributed by atoms with Crippen molar-refractivity contribution in [3.63, 3.8) is 0 Å². The Morgan fingerprint density at radius 1 is 1.06 bits per heavy atom. The molecule has 2 aliphatic heterocycles. The predicted molar refractivity (Wildman–Crippen MR) is 125 cm³/mol. The van der Waals surface area contributed by atoms with Gasteiger partial charge in [0.1, 0.15) is 24.1 Å². The number of aromatic nitrogens is 1. The number of fused-ring (bicyclic) bond motifs is 1. The third-order valence-electron chi connectivity index (χ3n) is 6.01. The average Bonchev–Trinajstić information content (AvgIpc) is 3.40. The average molecular weight is 444 g/mol. The van der Waals surface area contributed by atoms with Gasteiger partial charge in [-0.1, -0.05) is 24.3 Å². The van der Waals surface area contributed by atoms with E-state index >= 15 is 0 Å². The second kappa shape index (κ2) is 8.86. The lowest BCUT2D eigenvalue weighted by Crippen LogP contribution is -2.35. The molecule has 2 aliphatic rings. The number of methoxy groups -OCH3 is 1. The van der Waals surface area contributed by atoms with Crippen LogP contribution in [0.4, 0.5) is 17.2 Å². The van der Waals surface area contributed by atoms with Crippen LogP contribution < -0.4 is 14.5 Å². The first-order chi connectivity index (χ1) is 16.2. The zero-order valence-electron chi connectivity index (χ0n) is 18.6. The van der Waals surface area contributed by atoms with Crippen LogP contribution in [0.3, 0.4) is 0 Å². The lowest BCUT2D eigenvalue weighted by atomic mass is 9.94. The molecule has 7 heteroatoms. The first-order valence-electron chi connectivity index (χ1n) is 10.9. The van der Waals surface area contributed by atoms with Gasteiger partial charge in [0.25, 0.3) is 6.29 Å². The zero-order chi connectivity index (χ0) is 22.8. The number of benzene rings is 2. The van der Waals surface area contributed by atoms with Gasteiger partial charge < -0.3 is 24.0 Å². The molecule has 0 unspecified atom stereocenters. The summed E-state index contributed by atoms with van der Waals surface area (Å²) >= 11 is 0. The summed E-state index contributed by atoms with van der Waals surface area (Å²) < 4.78 is 16.8. The number of hydrogen-bond donors (Lipinski definition) is 0. The van der Waals surface area contributed by atoms with Gasteiger partial charge in [0.2, 0.25) is 5.91 Å². The number of amides is 1. The first-order valence-corrected chi connectivity index (χ1v) is 10.9. The van der Waals surface area contributed by atoms with Crippen LogP contribution in [0.25, 0.3) is 0 Å². The summed E-state index contributed by atoms with van der Waals surface area (Å²) in [6, 6.07) is 17.8. The van der Waals surface area contributed by atoms with Gasteiger partial charge in [-0.25, -0.2) is 4.98 Å². The van der Waals surface area contributed by atoms with Gasteiger partial charge in [-0.15, -0.1) is 0 Å². The topological polar surface area (TPSA) is 64.1 Å². The molecule has 0 saturated carbocycles. The second-order valence-corrected chi connectivity index (χ2v) is 7.96. The number of anilines is 3. The van der Waals surface area contributed by atoms with Gasteiger partial charge in [0, 0.05) is 30.9 Å². The molecule has 0 spiro atoms. The van der Waals surface area contributed by atoms with Crippen LogP contribution in [0, 0.1) is 0 Å². The van der Waals surface area contributed by atoms with Crippen molar-refractivity contribution in [2.75, 3.05) is 24.0 Å². The summed E-state index contributed by atoms with van der Waals surface area (Å²) in [7, 11) is 3.60.